The maximum absolute atomic E-state index is 13.2. The van der Waals surface area contributed by atoms with Crippen molar-refractivity contribution in [3.63, 3.8) is 0 Å². The molecule has 0 radical (unpaired) electrons. The molecule has 0 heterocycles. The monoisotopic (exact) mass is 460 g/mol. The molecule has 1 atom stereocenters. The average Bonchev–Trinajstić information content (AvgIpc) is 2.74. The molecule has 31 heavy (non-hydrogen) atoms. The fraction of sp³-hybridized carbons (Fsp3) is 0.440. The molecule has 1 N–H and O–H groups in total. The number of hydrogen-bond acceptors (Lipinski definition) is 3. The van der Waals surface area contributed by atoms with Crippen LogP contribution in [0.15, 0.2) is 53.4 Å². The number of carbonyl (C=O) groups is 2. The van der Waals surface area contributed by atoms with Crippen LogP contribution in [0.25, 0.3) is 0 Å². The number of benzene rings is 2. The van der Waals surface area contributed by atoms with Gasteiger partial charge in [-0.05, 0) is 49.1 Å². The highest BCUT2D eigenvalue weighted by atomic mass is 35.5. The van der Waals surface area contributed by atoms with Gasteiger partial charge in [0.2, 0.25) is 11.8 Å². The Balaban J connectivity index is 2.10. The molecular formula is C25H33ClN2O2S. The van der Waals surface area contributed by atoms with E-state index in [0.29, 0.717) is 42.6 Å². The third kappa shape index (κ3) is 8.58. The predicted octanol–water partition coefficient (Wildman–Crippen LogP) is 5.71. The van der Waals surface area contributed by atoms with E-state index >= 15 is 0 Å². The van der Waals surface area contributed by atoms with E-state index < -0.39 is 6.04 Å². The van der Waals surface area contributed by atoms with Crippen molar-refractivity contribution in [2.45, 2.75) is 58.0 Å². The number of nitrogens with zero attached hydrogens (tertiary/aromatic N) is 1. The van der Waals surface area contributed by atoms with E-state index in [9.17, 15) is 9.59 Å². The zero-order valence-corrected chi connectivity index (χ0v) is 20.4. The van der Waals surface area contributed by atoms with Crippen molar-refractivity contribution < 1.29 is 9.59 Å². The van der Waals surface area contributed by atoms with Gasteiger partial charge in [-0.2, -0.15) is 0 Å². The number of amides is 2. The predicted molar refractivity (Wildman–Crippen MR) is 130 cm³/mol. The van der Waals surface area contributed by atoms with E-state index in [1.54, 1.807) is 16.7 Å². The second kappa shape index (κ2) is 12.8. The van der Waals surface area contributed by atoms with Crippen LogP contribution in [0, 0.1) is 12.8 Å². The first-order valence-electron chi connectivity index (χ1n) is 10.8. The molecule has 6 heteroatoms. The van der Waals surface area contributed by atoms with E-state index in [0.717, 1.165) is 10.5 Å². The Labute approximate surface area is 195 Å². The van der Waals surface area contributed by atoms with Crippen LogP contribution < -0.4 is 5.32 Å². The third-order valence-electron chi connectivity index (χ3n) is 4.94. The minimum Gasteiger partial charge on any atom is -0.354 e. The molecule has 1 unspecified atom stereocenters. The molecule has 0 aliphatic rings. The van der Waals surface area contributed by atoms with Gasteiger partial charge in [0.25, 0.3) is 0 Å². The van der Waals surface area contributed by atoms with Crippen LogP contribution in [0.3, 0.4) is 0 Å². The molecule has 4 nitrogen and oxygen atoms in total. The Bertz CT molecular complexity index is 838. The average molecular weight is 461 g/mol. The Hall–Kier alpha value is -1.98. The lowest BCUT2D eigenvalue weighted by atomic mass is 10.1. The van der Waals surface area contributed by atoms with Gasteiger partial charge in [0.15, 0.2) is 0 Å². The summed E-state index contributed by atoms with van der Waals surface area (Å²) < 4.78 is 0. The lowest BCUT2D eigenvalue weighted by Crippen LogP contribution is -2.49. The molecule has 0 aliphatic heterocycles. The van der Waals surface area contributed by atoms with E-state index in [4.69, 9.17) is 11.6 Å². The van der Waals surface area contributed by atoms with Gasteiger partial charge in [-0.1, -0.05) is 62.2 Å². The van der Waals surface area contributed by atoms with Crippen molar-refractivity contribution in [1.29, 1.82) is 0 Å². The highest BCUT2D eigenvalue weighted by molar-refractivity contribution is 7.99. The lowest BCUT2D eigenvalue weighted by Gasteiger charge is -2.31. The summed E-state index contributed by atoms with van der Waals surface area (Å²) in [6.45, 7) is 9.15. The van der Waals surface area contributed by atoms with Gasteiger partial charge < -0.3 is 10.2 Å². The van der Waals surface area contributed by atoms with Gasteiger partial charge in [0, 0.05) is 35.2 Å². The summed E-state index contributed by atoms with van der Waals surface area (Å²) >= 11 is 7.56. The molecule has 2 aromatic carbocycles. The van der Waals surface area contributed by atoms with Crippen molar-refractivity contribution in [3.05, 3.63) is 64.7 Å². The van der Waals surface area contributed by atoms with Crippen LogP contribution in [-0.2, 0) is 16.1 Å². The Morgan fingerprint density at radius 1 is 1.06 bits per heavy atom. The summed E-state index contributed by atoms with van der Waals surface area (Å²) in [5.41, 5.74) is 2.20. The summed E-state index contributed by atoms with van der Waals surface area (Å²) in [6, 6.07) is 15.2. The summed E-state index contributed by atoms with van der Waals surface area (Å²) in [5.74, 6) is 0.920. The first kappa shape index (κ1) is 25.3. The van der Waals surface area contributed by atoms with E-state index in [1.165, 1.54) is 5.56 Å². The van der Waals surface area contributed by atoms with Gasteiger partial charge in [0.05, 0.1) is 0 Å². The third-order valence-corrected chi connectivity index (χ3v) is 6.21. The minimum absolute atomic E-state index is 0.00594. The van der Waals surface area contributed by atoms with Gasteiger partial charge >= 0.3 is 0 Å². The number of carbonyl (C=O) groups excluding carboxylic acids is 2. The maximum Gasteiger partial charge on any atom is 0.242 e. The Morgan fingerprint density at radius 3 is 2.29 bits per heavy atom. The summed E-state index contributed by atoms with van der Waals surface area (Å²) in [5, 5.41) is 3.70. The SMILES string of the molecule is CCC(C(=O)NCC(C)C)N(Cc1ccc(C)cc1)C(=O)CCSc1ccc(Cl)cc1. The largest absolute Gasteiger partial charge is 0.354 e. The normalized spacial score (nSPS) is 11.9. The zero-order valence-electron chi connectivity index (χ0n) is 18.9. The van der Waals surface area contributed by atoms with E-state index in [-0.39, 0.29) is 11.8 Å². The molecule has 2 rings (SSSR count). The highest BCUT2D eigenvalue weighted by Crippen LogP contribution is 2.22. The van der Waals surface area contributed by atoms with Gasteiger partial charge in [-0.25, -0.2) is 0 Å². The van der Waals surface area contributed by atoms with Crippen molar-refractivity contribution >= 4 is 35.2 Å². The Morgan fingerprint density at radius 2 is 1.71 bits per heavy atom. The maximum atomic E-state index is 13.2. The van der Waals surface area contributed by atoms with Crippen LogP contribution in [0.1, 0.15) is 44.7 Å². The smallest absolute Gasteiger partial charge is 0.242 e. The molecular weight excluding hydrogens is 428 g/mol. The van der Waals surface area contributed by atoms with Gasteiger partial charge in [-0.3, -0.25) is 9.59 Å². The van der Waals surface area contributed by atoms with Crippen molar-refractivity contribution in [2.75, 3.05) is 12.3 Å². The molecule has 0 spiro atoms. The molecule has 0 aliphatic carbocycles. The van der Waals surface area contributed by atoms with Crippen LogP contribution in [0.4, 0.5) is 0 Å². The molecule has 0 saturated heterocycles. The van der Waals surface area contributed by atoms with Crippen molar-refractivity contribution in [3.8, 4) is 0 Å². The van der Waals surface area contributed by atoms with E-state index in [1.807, 2.05) is 62.4 Å². The van der Waals surface area contributed by atoms with Gasteiger partial charge in [0.1, 0.15) is 6.04 Å². The summed E-state index contributed by atoms with van der Waals surface area (Å²) in [4.78, 5) is 28.9. The fourth-order valence-corrected chi connectivity index (χ4v) is 4.13. The van der Waals surface area contributed by atoms with Crippen molar-refractivity contribution in [2.24, 2.45) is 5.92 Å². The highest BCUT2D eigenvalue weighted by Gasteiger charge is 2.28. The number of aryl methyl sites for hydroxylation is 1. The summed E-state index contributed by atoms with van der Waals surface area (Å²) in [7, 11) is 0. The van der Waals surface area contributed by atoms with Crippen LogP contribution in [-0.4, -0.2) is 35.1 Å². The first-order valence-corrected chi connectivity index (χ1v) is 12.2. The van der Waals surface area contributed by atoms with Crippen LogP contribution in [0.5, 0.6) is 0 Å². The lowest BCUT2D eigenvalue weighted by molar-refractivity contribution is -0.141. The molecule has 0 fully saturated rings. The quantitative estimate of drug-likeness (QED) is 0.437. The van der Waals surface area contributed by atoms with E-state index in [2.05, 4.69) is 19.2 Å². The molecule has 2 aromatic rings. The number of rotatable bonds is 11. The van der Waals surface area contributed by atoms with Crippen molar-refractivity contribution in [1.82, 2.24) is 10.2 Å². The van der Waals surface area contributed by atoms with Crippen LogP contribution in [0.2, 0.25) is 5.02 Å². The molecule has 0 saturated carbocycles. The number of thioether (sulfide) groups is 1. The zero-order chi connectivity index (χ0) is 22.8. The Kier molecular flexibility index (Phi) is 10.4. The fourth-order valence-electron chi connectivity index (χ4n) is 3.16. The number of halogens is 1. The molecule has 2 amide bonds. The van der Waals surface area contributed by atoms with Gasteiger partial charge in [-0.15, -0.1) is 11.8 Å². The molecule has 0 aromatic heterocycles. The number of hydrogen-bond donors (Lipinski definition) is 1. The minimum atomic E-state index is -0.479. The topological polar surface area (TPSA) is 49.4 Å². The first-order chi connectivity index (χ1) is 14.8. The molecule has 0 bridgehead atoms. The number of nitrogens with one attached hydrogen (secondary N) is 1. The van der Waals surface area contributed by atoms with Crippen LogP contribution >= 0.6 is 23.4 Å². The summed E-state index contributed by atoms with van der Waals surface area (Å²) in [6.07, 6.45) is 0.943. The second-order valence-electron chi connectivity index (χ2n) is 8.12. The molecule has 168 valence electrons. The standard InChI is InChI=1S/C25H33ClN2O2S/c1-5-23(25(30)27-16-18(2)3)28(17-20-8-6-19(4)7-9-20)24(29)14-15-31-22-12-10-21(26)11-13-22/h6-13,18,23H,5,14-17H2,1-4H3,(H,27,30). The second-order valence-corrected chi connectivity index (χ2v) is 9.73.